The van der Waals surface area contributed by atoms with Crippen molar-refractivity contribution in [1.29, 1.82) is 0 Å². The fourth-order valence-corrected chi connectivity index (χ4v) is 5.31. The van der Waals surface area contributed by atoms with Crippen LogP contribution in [0.5, 0.6) is 0 Å². The van der Waals surface area contributed by atoms with Gasteiger partial charge in [0.15, 0.2) is 0 Å². The number of rotatable bonds is 6. The van der Waals surface area contributed by atoms with Crippen LogP contribution in [0, 0.1) is 0 Å². The lowest BCUT2D eigenvalue weighted by atomic mass is 9.73. The van der Waals surface area contributed by atoms with Crippen LogP contribution < -0.4 is 11.5 Å². The van der Waals surface area contributed by atoms with Gasteiger partial charge in [0.1, 0.15) is 0 Å². The summed E-state index contributed by atoms with van der Waals surface area (Å²) in [5.74, 6) is 0. The minimum Gasteiger partial charge on any atom is -0.399 e. The first kappa shape index (κ1) is 21.4. The van der Waals surface area contributed by atoms with Crippen LogP contribution in [-0.2, 0) is 10.8 Å². The molecule has 4 heteroatoms. The molecule has 0 bridgehead atoms. The van der Waals surface area contributed by atoms with E-state index in [9.17, 15) is 0 Å². The molecule has 0 spiro atoms. The maximum atomic E-state index is 5.91. The zero-order valence-corrected chi connectivity index (χ0v) is 20.6. The third-order valence-electron chi connectivity index (χ3n) is 5.77. The lowest BCUT2D eigenvalue weighted by molar-refractivity contribution is 0.639. The molecule has 0 saturated heterocycles. The highest BCUT2D eigenvalue weighted by molar-refractivity contribution is 14.1. The van der Waals surface area contributed by atoms with Gasteiger partial charge in [-0.05, 0) is 46.5 Å². The highest BCUT2D eigenvalue weighted by atomic mass is 127. The predicted molar refractivity (Wildman–Crippen MR) is 139 cm³/mol. The second-order valence-electron chi connectivity index (χ2n) is 7.76. The van der Waals surface area contributed by atoms with Crippen LogP contribution in [0.3, 0.4) is 0 Å². The Hall–Kier alpha value is -1.28. The summed E-state index contributed by atoms with van der Waals surface area (Å²) < 4.78 is 1.97. The van der Waals surface area contributed by atoms with E-state index in [1.54, 1.807) is 0 Å². The van der Waals surface area contributed by atoms with E-state index in [4.69, 9.17) is 11.5 Å². The maximum Gasteiger partial charge on any atom is 0.0314 e. The first-order valence-electron chi connectivity index (χ1n) is 9.28. The van der Waals surface area contributed by atoms with E-state index >= 15 is 0 Å². The molecule has 0 radical (unpaired) electrons. The van der Waals surface area contributed by atoms with Crippen molar-refractivity contribution in [3.8, 4) is 0 Å². The molecule has 2 nitrogen and oxygen atoms in total. The molecule has 28 heavy (non-hydrogen) atoms. The number of alkyl halides is 2. The molecule has 0 aliphatic heterocycles. The summed E-state index contributed by atoms with van der Waals surface area (Å²) in [5, 5.41) is 0. The fraction of sp³-hybridized carbons (Fsp3) is 0.250. The summed E-state index contributed by atoms with van der Waals surface area (Å²) in [5.41, 5.74) is 18.5. The van der Waals surface area contributed by atoms with Gasteiger partial charge in [0.2, 0.25) is 0 Å². The van der Waals surface area contributed by atoms with Crippen LogP contribution in [0.25, 0.3) is 0 Å². The average Bonchev–Trinajstić information content (AvgIpc) is 2.73. The number of hydrogen-bond acceptors (Lipinski definition) is 2. The summed E-state index contributed by atoms with van der Waals surface area (Å²) in [7, 11) is 0. The van der Waals surface area contributed by atoms with Crippen molar-refractivity contribution in [2.75, 3.05) is 20.3 Å². The normalized spacial score (nSPS) is 15.6. The number of nitrogen functional groups attached to an aromatic ring is 2. The van der Waals surface area contributed by atoms with Gasteiger partial charge in [-0.1, -0.05) is 108 Å². The molecule has 0 saturated carbocycles. The predicted octanol–water partition coefficient (Wildman–Crippen LogP) is 6.33. The van der Waals surface area contributed by atoms with Crippen LogP contribution >= 0.6 is 45.2 Å². The summed E-state index contributed by atoms with van der Waals surface area (Å²) in [6.07, 6.45) is 0. The zero-order chi connectivity index (χ0) is 20.4. The second-order valence-corrected chi connectivity index (χ2v) is 9.28. The monoisotopic (exact) mass is 596 g/mol. The standard InChI is InChI=1S/C24H26I2N2/c1-23(15-25,17-6-10-21(27)11-7-17)19-4-3-5-20(14-19)24(2,16-26)18-8-12-22(28)13-9-18/h3-14H,15-16,27-28H2,1-2H3. The van der Waals surface area contributed by atoms with Crippen molar-refractivity contribution in [2.45, 2.75) is 24.7 Å². The molecular formula is C24H26I2N2. The van der Waals surface area contributed by atoms with Crippen molar-refractivity contribution in [3.63, 3.8) is 0 Å². The minimum atomic E-state index is -0.0719. The van der Waals surface area contributed by atoms with E-state index in [2.05, 4.69) is 108 Å². The van der Waals surface area contributed by atoms with Crippen LogP contribution in [-0.4, -0.2) is 8.86 Å². The van der Waals surface area contributed by atoms with Crippen molar-refractivity contribution in [2.24, 2.45) is 0 Å². The average molecular weight is 596 g/mol. The Bertz CT molecular complexity index is 863. The minimum absolute atomic E-state index is 0.0719. The second kappa shape index (κ2) is 8.61. The van der Waals surface area contributed by atoms with Gasteiger partial charge in [0.05, 0.1) is 0 Å². The van der Waals surface area contributed by atoms with Gasteiger partial charge in [0, 0.05) is 31.1 Å². The maximum absolute atomic E-state index is 5.91. The van der Waals surface area contributed by atoms with Crippen molar-refractivity contribution in [1.82, 2.24) is 0 Å². The summed E-state index contributed by atoms with van der Waals surface area (Å²) in [6.45, 7) is 4.63. The number of halogens is 2. The number of nitrogens with two attached hydrogens (primary N) is 2. The van der Waals surface area contributed by atoms with Crippen LogP contribution in [0.4, 0.5) is 11.4 Å². The Balaban J connectivity index is 2.09. The number of benzene rings is 3. The van der Waals surface area contributed by atoms with Gasteiger partial charge < -0.3 is 11.5 Å². The first-order chi connectivity index (χ1) is 13.3. The Morgan fingerprint density at radius 1 is 0.607 bits per heavy atom. The summed E-state index contributed by atoms with van der Waals surface area (Å²) in [6, 6.07) is 25.6. The van der Waals surface area contributed by atoms with E-state index in [1.807, 2.05) is 24.3 Å². The SMILES string of the molecule is CC(CI)(c1ccc(N)cc1)c1cccc(C(C)(CI)c2ccc(N)cc2)c1. The van der Waals surface area contributed by atoms with E-state index in [1.165, 1.54) is 22.3 Å². The molecule has 3 aromatic rings. The molecule has 0 aliphatic rings. The lowest BCUT2D eigenvalue weighted by Crippen LogP contribution is -2.29. The van der Waals surface area contributed by atoms with Gasteiger partial charge in [-0.3, -0.25) is 0 Å². The molecule has 3 aromatic carbocycles. The fourth-order valence-electron chi connectivity index (χ4n) is 3.55. The van der Waals surface area contributed by atoms with Crippen molar-refractivity contribution < 1.29 is 0 Å². The summed E-state index contributed by atoms with van der Waals surface area (Å²) >= 11 is 4.98. The number of anilines is 2. The third kappa shape index (κ3) is 4.03. The smallest absolute Gasteiger partial charge is 0.0314 e. The van der Waals surface area contributed by atoms with Gasteiger partial charge in [-0.15, -0.1) is 0 Å². The highest BCUT2D eigenvalue weighted by Gasteiger charge is 2.32. The molecule has 0 fully saturated rings. The first-order valence-corrected chi connectivity index (χ1v) is 12.3. The molecule has 2 atom stereocenters. The van der Waals surface area contributed by atoms with Crippen molar-refractivity contribution >= 4 is 56.6 Å². The molecular weight excluding hydrogens is 570 g/mol. The van der Waals surface area contributed by atoms with E-state index < -0.39 is 0 Å². The summed E-state index contributed by atoms with van der Waals surface area (Å²) in [4.78, 5) is 0. The quantitative estimate of drug-likeness (QED) is 0.199. The molecule has 0 heterocycles. The van der Waals surface area contributed by atoms with Gasteiger partial charge >= 0.3 is 0 Å². The topological polar surface area (TPSA) is 52.0 Å². The lowest BCUT2D eigenvalue weighted by Gasteiger charge is -2.33. The van der Waals surface area contributed by atoms with Gasteiger partial charge in [0.25, 0.3) is 0 Å². The molecule has 4 N–H and O–H groups in total. The number of hydrogen-bond donors (Lipinski definition) is 2. The van der Waals surface area contributed by atoms with Crippen LogP contribution in [0.1, 0.15) is 36.1 Å². The van der Waals surface area contributed by atoms with Crippen LogP contribution in [0.2, 0.25) is 0 Å². The molecule has 0 aromatic heterocycles. The third-order valence-corrected chi connectivity index (χ3v) is 8.82. The molecule has 146 valence electrons. The van der Waals surface area contributed by atoms with E-state index in [-0.39, 0.29) is 10.8 Å². The molecule has 3 rings (SSSR count). The van der Waals surface area contributed by atoms with Gasteiger partial charge in [-0.25, -0.2) is 0 Å². The Kier molecular flexibility index (Phi) is 6.59. The molecule has 2 unspecified atom stereocenters. The molecule has 0 amide bonds. The molecule has 0 aliphatic carbocycles. The zero-order valence-electron chi connectivity index (χ0n) is 16.3. The Morgan fingerprint density at radius 2 is 0.964 bits per heavy atom. The highest BCUT2D eigenvalue weighted by Crippen LogP contribution is 2.39. The Labute approximate surface area is 195 Å². The van der Waals surface area contributed by atoms with E-state index in [0.717, 1.165) is 20.2 Å². The van der Waals surface area contributed by atoms with Gasteiger partial charge in [-0.2, -0.15) is 0 Å². The van der Waals surface area contributed by atoms with Crippen LogP contribution in [0.15, 0.2) is 72.8 Å². The van der Waals surface area contributed by atoms with E-state index in [0.29, 0.717) is 0 Å². The largest absolute Gasteiger partial charge is 0.399 e. The Morgan fingerprint density at radius 3 is 1.29 bits per heavy atom. The van der Waals surface area contributed by atoms with Crippen molar-refractivity contribution in [3.05, 3.63) is 95.1 Å².